The van der Waals surface area contributed by atoms with Gasteiger partial charge in [0.15, 0.2) is 5.82 Å². The van der Waals surface area contributed by atoms with Crippen LogP contribution in [0.3, 0.4) is 0 Å². The van der Waals surface area contributed by atoms with E-state index in [-0.39, 0.29) is 88.7 Å². The molecule has 8 rings (SSSR count). The molecular weight excluding hydrogens is 633 g/mol. The number of hydrogen-bond donors (Lipinski definition) is 2. The van der Waals surface area contributed by atoms with Crippen LogP contribution in [0.25, 0.3) is 32.9 Å². The predicted molar refractivity (Wildman–Crippen MR) is 181 cm³/mol. The molecule has 0 unspecified atom stereocenters. The van der Waals surface area contributed by atoms with Crippen molar-refractivity contribution in [3.8, 4) is 41.2 Å². The fourth-order valence-electron chi connectivity index (χ4n) is 8.30. The van der Waals surface area contributed by atoms with Crippen LogP contribution in [0, 0.1) is 24.0 Å². The number of phenolic OH excluding ortho intramolecular Hbond substituents is 1. The summed E-state index contributed by atoms with van der Waals surface area (Å²) >= 11 is 0. The summed E-state index contributed by atoms with van der Waals surface area (Å²) < 4.78 is 99.9. The standard InChI is InChI=1S/C37H37F3N6O3/c1-4-25-27(39)8-7-22-13-24(47)14-26(28(22)25)31-30(40)32-29(34(41-31)48-3)33(45-18-23-9-11-36(5-2,19-45)44-23)43-35(42-32)49-20-37-10-6-12-46(37)17-21(15-37)16-38/h1,7-8,13-14,16,23,44,47H,5-6,9-12,15,17-20H2,2-3H3/b21-16-/t23-,36+,37-/m0/s1/i2D3,5D2. The Bertz CT molecular complexity index is 2290. The molecule has 2 aromatic heterocycles. The average Bonchev–Trinajstić information content (AvgIpc) is 3.80. The van der Waals surface area contributed by atoms with Gasteiger partial charge in [0.2, 0.25) is 5.88 Å². The highest BCUT2D eigenvalue weighted by Gasteiger charge is 2.48. The number of nitrogens with one attached hydrogen (secondary N) is 1. The highest BCUT2D eigenvalue weighted by Crippen LogP contribution is 2.45. The molecule has 254 valence electrons. The maximum atomic E-state index is 17.3. The Labute approximate surface area is 289 Å². The summed E-state index contributed by atoms with van der Waals surface area (Å²) in [7, 11) is 1.31. The third-order valence-electron chi connectivity index (χ3n) is 10.5. The fourth-order valence-corrected chi connectivity index (χ4v) is 8.30. The van der Waals surface area contributed by atoms with Gasteiger partial charge in [-0.3, -0.25) is 4.90 Å². The van der Waals surface area contributed by atoms with Crippen LogP contribution in [0.15, 0.2) is 36.2 Å². The molecule has 0 spiro atoms. The number of hydrogen-bond acceptors (Lipinski definition) is 9. The maximum Gasteiger partial charge on any atom is 0.319 e. The topological polar surface area (TPSA) is 95.9 Å². The van der Waals surface area contributed by atoms with E-state index in [1.165, 1.54) is 25.3 Å². The minimum absolute atomic E-state index is 0.00831. The number of fused-ring (bicyclic) bond motifs is 5. The summed E-state index contributed by atoms with van der Waals surface area (Å²) in [6.07, 6.45) is 6.42. The summed E-state index contributed by atoms with van der Waals surface area (Å²) in [4.78, 5) is 17.7. The lowest BCUT2D eigenvalue weighted by Crippen LogP contribution is -2.59. The number of anilines is 1. The van der Waals surface area contributed by atoms with Crippen molar-refractivity contribution in [2.75, 3.05) is 44.8 Å². The zero-order valence-corrected chi connectivity index (χ0v) is 26.7. The highest BCUT2D eigenvalue weighted by atomic mass is 19.1. The molecule has 12 heteroatoms. The number of aromatic hydroxyl groups is 1. The SMILES string of the molecule is [2H]C([2H])([2H])C([2H])([2H])[C@@]12CC[C@@H](CN(c3nc(OC[C@@]45CCCN4C/C(=C\F)C5)nc4c(F)c(-c5cc(O)cc6ccc(F)c(C#C)c56)nc(OC)c34)C1)N2. The van der Waals surface area contributed by atoms with E-state index in [4.69, 9.17) is 27.7 Å². The largest absolute Gasteiger partial charge is 0.508 e. The Hall–Kier alpha value is -4.60. The molecule has 2 aromatic carbocycles. The van der Waals surface area contributed by atoms with E-state index in [0.29, 0.717) is 36.7 Å². The van der Waals surface area contributed by atoms with E-state index in [9.17, 15) is 9.50 Å². The lowest BCUT2D eigenvalue weighted by atomic mass is 9.93. The second-order valence-corrected chi connectivity index (χ2v) is 13.4. The number of halogens is 3. The van der Waals surface area contributed by atoms with Gasteiger partial charge in [0.25, 0.3) is 0 Å². The Balaban J connectivity index is 1.33. The lowest BCUT2D eigenvalue weighted by Gasteiger charge is -2.42. The molecule has 2 bridgehead atoms. The quantitative estimate of drug-likeness (QED) is 0.229. The van der Waals surface area contributed by atoms with Crippen molar-refractivity contribution in [3.05, 3.63) is 53.4 Å². The number of terminal acetylenes is 1. The maximum absolute atomic E-state index is 17.3. The first-order chi connectivity index (χ1) is 25.6. The van der Waals surface area contributed by atoms with E-state index in [1.807, 2.05) is 0 Å². The van der Waals surface area contributed by atoms with E-state index < -0.39 is 35.9 Å². The molecule has 4 saturated heterocycles. The van der Waals surface area contributed by atoms with Crippen LogP contribution in [-0.4, -0.2) is 82.0 Å². The van der Waals surface area contributed by atoms with Gasteiger partial charge in [0.05, 0.1) is 24.5 Å². The zero-order valence-electron chi connectivity index (χ0n) is 31.7. The van der Waals surface area contributed by atoms with Crippen LogP contribution in [0.1, 0.15) is 57.7 Å². The van der Waals surface area contributed by atoms with E-state index in [0.717, 1.165) is 25.5 Å². The van der Waals surface area contributed by atoms with Crippen molar-refractivity contribution < 1.29 is 34.6 Å². The third-order valence-corrected chi connectivity index (χ3v) is 10.5. The number of benzene rings is 2. The van der Waals surface area contributed by atoms with Crippen molar-refractivity contribution >= 4 is 27.5 Å². The van der Waals surface area contributed by atoms with E-state index >= 15 is 8.78 Å². The Morgan fingerprint density at radius 3 is 2.92 bits per heavy atom. The Morgan fingerprint density at radius 2 is 2.12 bits per heavy atom. The van der Waals surface area contributed by atoms with Crippen LogP contribution in [0.5, 0.6) is 17.6 Å². The average molecular weight is 676 g/mol. The molecule has 0 amide bonds. The molecule has 6 heterocycles. The molecule has 3 atom stereocenters. The van der Waals surface area contributed by atoms with Gasteiger partial charge in [-0.15, -0.1) is 6.42 Å². The van der Waals surface area contributed by atoms with E-state index in [2.05, 4.69) is 26.1 Å². The zero-order chi connectivity index (χ0) is 38.4. The number of ether oxygens (including phenoxy) is 2. The van der Waals surface area contributed by atoms with Crippen molar-refractivity contribution in [1.29, 1.82) is 0 Å². The minimum Gasteiger partial charge on any atom is -0.508 e. The van der Waals surface area contributed by atoms with Crippen LogP contribution in [0.4, 0.5) is 19.0 Å². The normalized spacial score (nSPS) is 27.8. The molecule has 4 aliphatic heterocycles. The summed E-state index contributed by atoms with van der Waals surface area (Å²) in [5, 5.41) is 14.4. The van der Waals surface area contributed by atoms with E-state index in [1.54, 1.807) is 4.90 Å². The molecule has 49 heavy (non-hydrogen) atoms. The first-order valence-electron chi connectivity index (χ1n) is 18.7. The lowest BCUT2D eigenvalue weighted by molar-refractivity contribution is 0.108. The number of aromatic nitrogens is 3. The van der Waals surface area contributed by atoms with Crippen molar-refractivity contribution in [3.63, 3.8) is 0 Å². The number of piperazine rings is 1. The fraction of sp³-hybridized carbons (Fsp3) is 0.432. The summed E-state index contributed by atoms with van der Waals surface area (Å²) in [6, 6.07) is 4.58. The summed E-state index contributed by atoms with van der Waals surface area (Å²) in [5.74, 6) is 0.271. The Kier molecular flexibility index (Phi) is 6.32. The van der Waals surface area contributed by atoms with Gasteiger partial charge in [-0.25, -0.2) is 18.2 Å². The molecule has 0 aliphatic carbocycles. The smallest absolute Gasteiger partial charge is 0.319 e. The molecule has 4 aliphatic rings. The van der Waals surface area contributed by atoms with Gasteiger partial charge in [-0.2, -0.15) is 9.97 Å². The first kappa shape index (κ1) is 26.3. The van der Waals surface area contributed by atoms with Gasteiger partial charge in [-0.05, 0) is 74.2 Å². The van der Waals surface area contributed by atoms with Gasteiger partial charge < -0.3 is 24.8 Å². The van der Waals surface area contributed by atoms with Gasteiger partial charge in [0.1, 0.15) is 40.6 Å². The first-order valence-corrected chi connectivity index (χ1v) is 16.2. The molecule has 0 saturated carbocycles. The number of rotatable bonds is 7. The van der Waals surface area contributed by atoms with Crippen molar-refractivity contribution in [1.82, 2.24) is 25.2 Å². The minimum atomic E-state index is -2.97. The number of phenols is 1. The molecule has 0 radical (unpaired) electrons. The molecule has 4 aromatic rings. The monoisotopic (exact) mass is 675 g/mol. The highest BCUT2D eigenvalue weighted by molar-refractivity contribution is 6.04. The predicted octanol–water partition coefficient (Wildman–Crippen LogP) is 6.01. The van der Waals surface area contributed by atoms with Gasteiger partial charge in [0, 0.05) is 49.0 Å². The number of methoxy groups -OCH3 is 1. The van der Waals surface area contributed by atoms with Crippen LogP contribution in [0.2, 0.25) is 0 Å². The Morgan fingerprint density at radius 1 is 1.24 bits per heavy atom. The summed E-state index contributed by atoms with van der Waals surface area (Å²) in [5.41, 5.74) is -2.27. The molecular formula is C37H37F3N6O3. The van der Waals surface area contributed by atoms with Crippen molar-refractivity contribution in [2.24, 2.45) is 0 Å². The number of pyridine rings is 1. The molecule has 2 N–H and O–H groups in total. The van der Waals surface area contributed by atoms with Crippen molar-refractivity contribution in [2.45, 2.75) is 62.4 Å². The van der Waals surface area contributed by atoms with Crippen LogP contribution in [-0.2, 0) is 0 Å². The van der Waals surface area contributed by atoms with Crippen LogP contribution >= 0.6 is 0 Å². The third kappa shape index (κ3) is 5.05. The molecule has 4 fully saturated rings. The van der Waals surface area contributed by atoms with Gasteiger partial charge in [-0.1, -0.05) is 18.8 Å². The number of nitrogens with zero attached hydrogens (tertiary/aromatic N) is 5. The molecule has 9 nitrogen and oxygen atoms in total. The van der Waals surface area contributed by atoms with Crippen LogP contribution < -0.4 is 19.7 Å². The summed E-state index contributed by atoms with van der Waals surface area (Å²) in [6.45, 7) is -1.61. The van der Waals surface area contributed by atoms with Gasteiger partial charge >= 0.3 is 6.01 Å². The second-order valence-electron chi connectivity index (χ2n) is 13.4. The second kappa shape index (κ2) is 11.8.